The maximum absolute atomic E-state index is 12.5. The zero-order valence-electron chi connectivity index (χ0n) is 12.9. The van der Waals surface area contributed by atoms with Gasteiger partial charge in [-0.1, -0.05) is 24.5 Å². The zero-order valence-corrected chi connectivity index (χ0v) is 16.5. The Hall–Kier alpha value is 1.25. The fraction of sp³-hybridized carbons (Fsp3) is 1.00. The van der Waals surface area contributed by atoms with Crippen molar-refractivity contribution in [2.24, 2.45) is 0 Å². The van der Waals surface area contributed by atoms with Crippen LogP contribution in [0, 0.1) is 0 Å². The van der Waals surface area contributed by atoms with Gasteiger partial charge in [0.05, 0.1) is 37.5 Å². The third kappa shape index (κ3) is 5.13. The first-order valence-corrected chi connectivity index (χ1v) is 12.6. The van der Waals surface area contributed by atoms with Crippen molar-refractivity contribution in [1.82, 2.24) is 0 Å². The average molecular weight is 400 g/mol. The van der Waals surface area contributed by atoms with Crippen molar-refractivity contribution in [3.05, 3.63) is 0 Å². The molecule has 23 heavy (non-hydrogen) atoms. The van der Waals surface area contributed by atoms with E-state index in [2.05, 4.69) is 24.5 Å². The van der Waals surface area contributed by atoms with Gasteiger partial charge in [0.2, 0.25) is 7.58 Å². The highest BCUT2D eigenvalue weighted by Crippen LogP contribution is 2.56. The molecule has 3 saturated heterocycles. The van der Waals surface area contributed by atoms with E-state index in [1.165, 1.54) is 0 Å². The number of rotatable bonds is 0. The standard InChI is InChI=1S/C10H20B2O7P2S2/c11-9-2-6-8(17-9)4-14-20(22)18-7-1-5(16-10(7)12)3-15-21(13,23)19-6/h5-10,22H,1-4,11-12H2,(H,13,23)/t5?,6-,7+,8?,9?,10?,20?,21?/m0/s1. The first-order valence-electron chi connectivity index (χ1n) is 7.58. The molecule has 0 aliphatic carbocycles. The quantitative estimate of drug-likeness (QED) is 0.349. The molecule has 0 N–H and O–H groups in total. The molecule has 0 aromatic heterocycles. The van der Waals surface area contributed by atoms with Gasteiger partial charge in [0.25, 0.3) is 0 Å². The van der Waals surface area contributed by atoms with Crippen LogP contribution in [0.3, 0.4) is 0 Å². The van der Waals surface area contributed by atoms with E-state index in [0.29, 0.717) is 12.8 Å². The highest BCUT2D eigenvalue weighted by Gasteiger charge is 2.41. The molecule has 3 heterocycles. The number of hydrogen-bond donors (Lipinski definition) is 2. The van der Waals surface area contributed by atoms with Gasteiger partial charge in [-0.25, -0.2) is 4.57 Å². The van der Waals surface area contributed by atoms with Crippen LogP contribution in [0.5, 0.6) is 0 Å². The first-order chi connectivity index (χ1) is 10.8. The summed E-state index contributed by atoms with van der Waals surface area (Å²) in [5, 5.41) is 0. The average Bonchev–Trinajstić information content (AvgIpc) is 2.97. The van der Waals surface area contributed by atoms with Gasteiger partial charge in [-0.15, -0.1) is 0 Å². The lowest BCUT2D eigenvalue weighted by molar-refractivity contribution is -0.00198. The van der Waals surface area contributed by atoms with Crippen LogP contribution in [0.1, 0.15) is 12.8 Å². The van der Waals surface area contributed by atoms with E-state index >= 15 is 0 Å². The molecule has 0 aromatic rings. The van der Waals surface area contributed by atoms with E-state index in [-0.39, 0.29) is 43.5 Å². The third-order valence-electron chi connectivity index (χ3n) is 4.08. The van der Waals surface area contributed by atoms with Crippen LogP contribution in [-0.2, 0) is 32.1 Å². The van der Waals surface area contributed by atoms with E-state index in [9.17, 15) is 4.57 Å². The minimum absolute atomic E-state index is 0.0126. The Morgan fingerprint density at radius 2 is 1.87 bits per heavy atom. The summed E-state index contributed by atoms with van der Waals surface area (Å²) in [6.45, 7) is -3.10. The van der Waals surface area contributed by atoms with Gasteiger partial charge in [0, 0.05) is 12.4 Å². The highest BCUT2D eigenvalue weighted by molar-refractivity contribution is 8.44. The number of ether oxygens (including phenoxy) is 2. The van der Waals surface area contributed by atoms with Gasteiger partial charge in [-0.3, -0.25) is 9.05 Å². The lowest BCUT2D eigenvalue weighted by Crippen LogP contribution is -2.28. The summed E-state index contributed by atoms with van der Waals surface area (Å²) in [5.74, 6) is 0. The minimum Gasteiger partial charge on any atom is -0.379 e. The van der Waals surface area contributed by atoms with E-state index in [0.717, 1.165) is 0 Å². The fourth-order valence-electron chi connectivity index (χ4n) is 2.97. The number of hydrogen-bond acceptors (Lipinski definition) is 8. The Morgan fingerprint density at radius 1 is 1.09 bits per heavy atom. The summed E-state index contributed by atoms with van der Waals surface area (Å²) in [7, 11) is 2.50. The largest absolute Gasteiger partial charge is 0.386 e. The third-order valence-corrected chi connectivity index (χ3v) is 7.17. The van der Waals surface area contributed by atoms with Crippen molar-refractivity contribution in [3.8, 4) is 0 Å². The summed E-state index contributed by atoms with van der Waals surface area (Å²) in [4.78, 5) is 0. The number of thiol groups is 2. The second-order valence-corrected chi connectivity index (χ2v) is 10.8. The topological polar surface area (TPSA) is 72.5 Å². The molecule has 2 bridgehead atoms. The maximum atomic E-state index is 12.5. The van der Waals surface area contributed by atoms with Crippen molar-refractivity contribution in [1.29, 1.82) is 0 Å². The predicted molar refractivity (Wildman–Crippen MR) is 97.8 cm³/mol. The van der Waals surface area contributed by atoms with Crippen molar-refractivity contribution >= 4 is 54.6 Å². The van der Waals surface area contributed by atoms with Gasteiger partial charge < -0.3 is 18.5 Å². The van der Waals surface area contributed by atoms with E-state index < -0.39 is 20.5 Å². The van der Waals surface area contributed by atoms with Gasteiger partial charge in [-0.05, 0) is 6.42 Å². The lowest BCUT2D eigenvalue weighted by Gasteiger charge is -2.24. The molecule has 0 aromatic carbocycles. The van der Waals surface area contributed by atoms with Crippen LogP contribution in [0.15, 0.2) is 0 Å². The Balaban J connectivity index is 1.72. The molecule has 3 aliphatic rings. The van der Waals surface area contributed by atoms with Crippen LogP contribution in [0.2, 0.25) is 0 Å². The van der Waals surface area contributed by atoms with E-state index in [1.807, 2.05) is 15.7 Å². The molecule has 0 saturated carbocycles. The minimum atomic E-state index is -3.49. The van der Waals surface area contributed by atoms with Gasteiger partial charge >= 0.3 is 6.80 Å². The summed E-state index contributed by atoms with van der Waals surface area (Å²) < 4.78 is 46.5. The first kappa shape index (κ1) is 19.0. The molecule has 0 radical (unpaired) electrons. The molecule has 6 unspecified atom stereocenters. The van der Waals surface area contributed by atoms with E-state index in [1.54, 1.807) is 0 Å². The lowest BCUT2D eigenvalue weighted by atomic mass is 9.95. The Kier molecular flexibility index (Phi) is 6.51. The Bertz CT molecular complexity index is 478. The SMILES string of the molecule is BC1C[C@@H]2OP(=O)(S)OCC3C[C@@H](OP(S)OCC2O1)C(B)O3. The fourth-order valence-corrected chi connectivity index (χ4v) is 5.90. The number of fused-ring (bicyclic) bond motifs is 3. The molecule has 3 rings (SSSR count). The molecule has 0 spiro atoms. The van der Waals surface area contributed by atoms with Gasteiger partial charge in [0.15, 0.2) is 0 Å². The summed E-state index contributed by atoms with van der Waals surface area (Å²) in [5.41, 5.74) is 0. The van der Waals surface area contributed by atoms with Crippen molar-refractivity contribution < 1.29 is 32.1 Å². The molecular formula is C10H20B2O7P2S2. The smallest absolute Gasteiger partial charge is 0.379 e. The Morgan fingerprint density at radius 3 is 2.65 bits per heavy atom. The molecule has 0 amide bonds. The summed E-state index contributed by atoms with van der Waals surface area (Å²) >= 11 is 8.44. The second-order valence-electron chi connectivity index (χ2n) is 6.01. The predicted octanol–water partition coefficient (Wildman–Crippen LogP) is 0.494. The molecule has 130 valence electrons. The summed E-state index contributed by atoms with van der Waals surface area (Å²) in [6.07, 6.45) is 0.133. The van der Waals surface area contributed by atoms with Crippen molar-refractivity contribution in [2.45, 2.75) is 49.3 Å². The van der Waals surface area contributed by atoms with E-state index in [4.69, 9.17) is 27.6 Å². The molecule has 3 fully saturated rings. The van der Waals surface area contributed by atoms with Crippen LogP contribution >= 0.6 is 38.9 Å². The molecular weight excluding hydrogens is 380 g/mol. The second kappa shape index (κ2) is 7.87. The Labute approximate surface area is 149 Å². The molecule has 8 atom stereocenters. The maximum Gasteiger partial charge on any atom is 0.386 e. The van der Waals surface area contributed by atoms with Crippen molar-refractivity contribution in [3.63, 3.8) is 0 Å². The highest BCUT2D eigenvalue weighted by atomic mass is 32.7. The zero-order chi connectivity index (χ0) is 16.6. The van der Waals surface area contributed by atoms with Crippen LogP contribution in [0.25, 0.3) is 0 Å². The summed E-state index contributed by atoms with van der Waals surface area (Å²) in [6, 6.07) is -0.121. The molecule has 3 aliphatic heterocycles. The monoisotopic (exact) mass is 400 g/mol. The van der Waals surface area contributed by atoms with Crippen LogP contribution in [0.4, 0.5) is 0 Å². The normalized spacial score (nSPS) is 52.2. The van der Waals surface area contributed by atoms with Gasteiger partial charge in [0.1, 0.15) is 21.8 Å². The molecule has 7 nitrogen and oxygen atoms in total. The van der Waals surface area contributed by atoms with Crippen LogP contribution < -0.4 is 0 Å². The van der Waals surface area contributed by atoms with Gasteiger partial charge in [-0.2, -0.15) is 0 Å². The molecule has 13 heteroatoms. The van der Waals surface area contributed by atoms with Crippen LogP contribution in [-0.4, -0.2) is 65.3 Å². The van der Waals surface area contributed by atoms with Crippen molar-refractivity contribution in [2.75, 3.05) is 13.2 Å².